The van der Waals surface area contributed by atoms with Crippen LogP contribution < -0.4 is 10.6 Å². The van der Waals surface area contributed by atoms with Gasteiger partial charge in [0.15, 0.2) is 10.3 Å². The maximum Gasteiger partial charge on any atom is 0.242 e. The molecular formula is C23H31N7O2S2. The highest BCUT2D eigenvalue weighted by molar-refractivity contribution is 7.24. The molecular weight excluding hydrogens is 470 g/mol. The molecule has 2 fully saturated rings. The standard InChI is InChI=1S/C23H31N7O2S2/c1-14-18-20(33-22(26-18)24-12-16(31)29-6-4-5-7-29)15(2)21-19(14)27-23(34-21)25-13-17(32)30-10-8-28(3)9-11-30/h4-13H2,1-3H3,(H,24,26)(H,25,27). The van der Waals surface area contributed by atoms with Crippen molar-refractivity contribution in [2.45, 2.75) is 26.7 Å². The smallest absolute Gasteiger partial charge is 0.242 e. The minimum atomic E-state index is 0.114. The molecule has 0 bridgehead atoms. The third-order valence-corrected chi connectivity index (χ3v) is 9.01. The molecule has 2 saturated heterocycles. The van der Waals surface area contributed by atoms with E-state index in [2.05, 4.69) is 29.5 Å². The first-order chi connectivity index (χ1) is 16.4. The minimum Gasteiger partial charge on any atom is -0.352 e. The van der Waals surface area contributed by atoms with E-state index in [0.717, 1.165) is 93.9 Å². The number of piperazine rings is 1. The number of likely N-dealkylation sites (tertiary alicyclic amines) is 1. The number of hydrogen-bond acceptors (Lipinski definition) is 9. The van der Waals surface area contributed by atoms with Gasteiger partial charge in [0.25, 0.3) is 0 Å². The first kappa shape index (κ1) is 23.3. The Morgan fingerprint density at radius 1 is 0.765 bits per heavy atom. The number of fused-ring (bicyclic) bond motifs is 2. The monoisotopic (exact) mass is 501 g/mol. The van der Waals surface area contributed by atoms with E-state index in [9.17, 15) is 9.59 Å². The molecule has 0 unspecified atom stereocenters. The van der Waals surface area contributed by atoms with Crippen molar-refractivity contribution in [1.29, 1.82) is 0 Å². The second kappa shape index (κ2) is 9.63. The first-order valence-corrected chi connectivity index (χ1v) is 13.5. The van der Waals surface area contributed by atoms with Gasteiger partial charge in [0.1, 0.15) is 0 Å². The lowest BCUT2D eigenvalue weighted by Crippen LogP contribution is -2.48. The predicted molar refractivity (Wildman–Crippen MR) is 139 cm³/mol. The lowest BCUT2D eigenvalue weighted by molar-refractivity contribution is -0.131. The molecule has 2 aliphatic heterocycles. The third-order valence-electron chi connectivity index (χ3n) is 6.74. The molecule has 9 nitrogen and oxygen atoms in total. The Morgan fingerprint density at radius 3 is 1.74 bits per heavy atom. The van der Waals surface area contributed by atoms with E-state index in [1.165, 1.54) is 0 Å². The fourth-order valence-electron chi connectivity index (χ4n) is 4.57. The lowest BCUT2D eigenvalue weighted by atomic mass is 10.1. The number of anilines is 2. The summed E-state index contributed by atoms with van der Waals surface area (Å²) in [5.74, 6) is 0.248. The predicted octanol–water partition coefficient (Wildman–Crippen LogP) is 2.74. The van der Waals surface area contributed by atoms with E-state index in [1.807, 2.05) is 16.7 Å². The van der Waals surface area contributed by atoms with Crippen LogP contribution in [0.15, 0.2) is 0 Å². The van der Waals surface area contributed by atoms with E-state index in [0.29, 0.717) is 0 Å². The van der Waals surface area contributed by atoms with E-state index in [1.54, 1.807) is 22.7 Å². The van der Waals surface area contributed by atoms with Crippen LogP contribution in [0.3, 0.4) is 0 Å². The Bertz CT molecular complexity index is 1170. The molecule has 4 heterocycles. The van der Waals surface area contributed by atoms with Gasteiger partial charge in [-0.25, -0.2) is 9.97 Å². The molecule has 0 saturated carbocycles. The van der Waals surface area contributed by atoms with Gasteiger partial charge in [-0.1, -0.05) is 22.7 Å². The molecule has 5 rings (SSSR count). The van der Waals surface area contributed by atoms with Crippen molar-refractivity contribution in [3.05, 3.63) is 11.1 Å². The molecule has 11 heteroatoms. The van der Waals surface area contributed by atoms with Gasteiger partial charge in [-0.3, -0.25) is 9.59 Å². The molecule has 0 spiro atoms. The van der Waals surface area contributed by atoms with Gasteiger partial charge in [0, 0.05) is 44.8 Å². The number of carbonyl (C=O) groups is 2. The van der Waals surface area contributed by atoms with Gasteiger partial charge in [0.05, 0.1) is 33.5 Å². The number of aryl methyl sites for hydroxylation is 2. The highest BCUT2D eigenvalue weighted by Gasteiger charge is 2.22. The fraction of sp³-hybridized carbons (Fsp3) is 0.565. The number of rotatable bonds is 6. The number of thiazole rings is 2. The van der Waals surface area contributed by atoms with Gasteiger partial charge < -0.3 is 25.3 Å². The molecule has 0 atom stereocenters. The van der Waals surface area contributed by atoms with Crippen molar-refractivity contribution in [1.82, 2.24) is 24.7 Å². The lowest BCUT2D eigenvalue weighted by Gasteiger charge is -2.32. The minimum absolute atomic E-state index is 0.114. The molecule has 1 aromatic carbocycles. The van der Waals surface area contributed by atoms with E-state index in [-0.39, 0.29) is 24.9 Å². The molecule has 0 aliphatic carbocycles. The number of amides is 2. The zero-order valence-corrected chi connectivity index (χ0v) is 21.6. The number of aromatic nitrogens is 2. The van der Waals surface area contributed by atoms with Crippen LogP contribution in [0.2, 0.25) is 0 Å². The molecule has 2 N–H and O–H groups in total. The second-order valence-corrected chi connectivity index (χ2v) is 11.1. The summed E-state index contributed by atoms with van der Waals surface area (Å²) in [6.45, 7) is 9.77. The molecule has 34 heavy (non-hydrogen) atoms. The van der Waals surface area contributed by atoms with Gasteiger partial charge in [-0.2, -0.15) is 0 Å². The number of likely N-dealkylation sites (N-methyl/N-ethyl adjacent to an activating group) is 1. The van der Waals surface area contributed by atoms with Crippen LogP contribution in [0, 0.1) is 13.8 Å². The normalized spacial score (nSPS) is 17.1. The van der Waals surface area contributed by atoms with Crippen LogP contribution in [-0.4, -0.2) is 95.9 Å². The summed E-state index contributed by atoms with van der Waals surface area (Å²) in [6, 6.07) is 0. The highest BCUT2D eigenvalue weighted by atomic mass is 32.1. The van der Waals surface area contributed by atoms with Crippen LogP contribution in [0.4, 0.5) is 10.3 Å². The van der Waals surface area contributed by atoms with Crippen LogP contribution in [0.1, 0.15) is 24.0 Å². The van der Waals surface area contributed by atoms with Crippen molar-refractivity contribution >= 4 is 65.2 Å². The van der Waals surface area contributed by atoms with Gasteiger partial charge in [-0.05, 0) is 39.3 Å². The molecule has 2 aromatic heterocycles. The quantitative estimate of drug-likeness (QED) is 0.536. The number of carbonyl (C=O) groups excluding carboxylic acids is 2. The van der Waals surface area contributed by atoms with Crippen LogP contribution >= 0.6 is 22.7 Å². The Morgan fingerprint density at radius 2 is 1.24 bits per heavy atom. The number of nitrogens with zero attached hydrogens (tertiary/aromatic N) is 5. The van der Waals surface area contributed by atoms with Gasteiger partial charge >= 0.3 is 0 Å². The van der Waals surface area contributed by atoms with Crippen LogP contribution in [0.5, 0.6) is 0 Å². The number of benzene rings is 1. The van der Waals surface area contributed by atoms with E-state index < -0.39 is 0 Å². The van der Waals surface area contributed by atoms with Crippen molar-refractivity contribution < 1.29 is 9.59 Å². The summed E-state index contributed by atoms with van der Waals surface area (Å²) < 4.78 is 2.23. The first-order valence-electron chi connectivity index (χ1n) is 11.8. The summed E-state index contributed by atoms with van der Waals surface area (Å²) in [5.41, 5.74) is 4.02. The molecule has 0 radical (unpaired) electrons. The van der Waals surface area contributed by atoms with Crippen LogP contribution in [-0.2, 0) is 9.59 Å². The molecule has 3 aromatic rings. The maximum atomic E-state index is 12.6. The summed E-state index contributed by atoms with van der Waals surface area (Å²) in [4.78, 5) is 40.6. The summed E-state index contributed by atoms with van der Waals surface area (Å²) in [5, 5.41) is 8.00. The van der Waals surface area contributed by atoms with Gasteiger partial charge in [0.2, 0.25) is 11.8 Å². The van der Waals surface area contributed by atoms with Crippen molar-refractivity contribution in [2.24, 2.45) is 0 Å². The Balaban J connectivity index is 1.29. The van der Waals surface area contributed by atoms with Gasteiger partial charge in [-0.15, -0.1) is 0 Å². The highest BCUT2D eigenvalue weighted by Crippen LogP contribution is 2.40. The number of hydrogen-bond donors (Lipinski definition) is 2. The van der Waals surface area contributed by atoms with Crippen LogP contribution in [0.25, 0.3) is 20.4 Å². The SMILES string of the molecule is Cc1c2nc(NCC(=O)N3CCCC3)sc2c(C)c2sc(NCC(=O)N3CCN(C)CC3)nc12. The summed E-state index contributed by atoms with van der Waals surface area (Å²) in [6.07, 6.45) is 2.19. The van der Waals surface area contributed by atoms with E-state index in [4.69, 9.17) is 9.97 Å². The molecule has 182 valence electrons. The Kier molecular flexibility index (Phi) is 6.59. The summed E-state index contributed by atoms with van der Waals surface area (Å²) >= 11 is 3.17. The van der Waals surface area contributed by atoms with Crippen molar-refractivity contribution in [2.75, 3.05) is 70.0 Å². The van der Waals surface area contributed by atoms with Crippen molar-refractivity contribution in [3.63, 3.8) is 0 Å². The Hall–Kier alpha value is -2.50. The topological polar surface area (TPSA) is 93.7 Å². The second-order valence-electron chi connectivity index (χ2n) is 9.12. The Labute approximate surface area is 207 Å². The van der Waals surface area contributed by atoms with E-state index >= 15 is 0 Å². The molecule has 2 aliphatic rings. The zero-order chi connectivity index (χ0) is 23.8. The third kappa shape index (κ3) is 4.56. The number of nitrogens with one attached hydrogen (secondary N) is 2. The zero-order valence-electron chi connectivity index (χ0n) is 19.9. The maximum absolute atomic E-state index is 12.6. The average Bonchev–Trinajstić information content (AvgIpc) is 3.59. The van der Waals surface area contributed by atoms with Crippen molar-refractivity contribution in [3.8, 4) is 0 Å². The average molecular weight is 502 g/mol. The largest absolute Gasteiger partial charge is 0.352 e. The summed E-state index contributed by atoms with van der Waals surface area (Å²) in [7, 11) is 2.08. The fourth-order valence-corrected chi connectivity index (χ4v) is 6.69. The molecule has 2 amide bonds.